The molecule has 112 valence electrons. The second-order valence-electron chi connectivity index (χ2n) is 4.86. The first-order chi connectivity index (χ1) is 10.5. The number of thiazole rings is 1. The Morgan fingerprint density at radius 2 is 2.09 bits per heavy atom. The number of benzene rings is 1. The Bertz CT molecular complexity index is 825. The maximum atomic E-state index is 12.5. The van der Waals surface area contributed by atoms with Crippen LogP contribution in [0.2, 0.25) is 0 Å². The second kappa shape index (κ2) is 6.32. The number of hydrogen-bond acceptors (Lipinski definition) is 4. The van der Waals surface area contributed by atoms with E-state index in [4.69, 9.17) is 0 Å². The van der Waals surface area contributed by atoms with Gasteiger partial charge in [-0.1, -0.05) is 15.9 Å². The van der Waals surface area contributed by atoms with Crippen molar-refractivity contribution in [1.82, 2.24) is 4.98 Å². The van der Waals surface area contributed by atoms with Crippen molar-refractivity contribution in [2.45, 2.75) is 13.8 Å². The van der Waals surface area contributed by atoms with E-state index in [1.807, 2.05) is 48.9 Å². The van der Waals surface area contributed by atoms with E-state index in [0.717, 1.165) is 32.0 Å². The topological polar surface area (TPSA) is 42.0 Å². The maximum Gasteiger partial charge on any atom is 0.267 e. The molecule has 1 N–H and O–H groups in total. The van der Waals surface area contributed by atoms with E-state index in [0.29, 0.717) is 4.88 Å². The van der Waals surface area contributed by atoms with Crippen LogP contribution in [-0.4, -0.2) is 10.9 Å². The highest BCUT2D eigenvalue weighted by atomic mass is 79.9. The van der Waals surface area contributed by atoms with E-state index in [-0.39, 0.29) is 5.91 Å². The van der Waals surface area contributed by atoms with Crippen LogP contribution in [0, 0.1) is 13.8 Å². The molecule has 0 radical (unpaired) electrons. The molecule has 3 rings (SSSR count). The number of nitrogens with zero attached hydrogens (tertiary/aromatic N) is 1. The van der Waals surface area contributed by atoms with Crippen molar-refractivity contribution in [3.8, 4) is 10.6 Å². The van der Waals surface area contributed by atoms with Gasteiger partial charge in [-0.2, -0.15) is 11.3 Å². The Morgan fingerprint density at radius 1 is 1.27 bits per heavy atom. The first kappa shape index (κ1) is 15.4. The van der Waals surface area contributed by atoms with Crippen molar-refractivity contribution < 1.29 is 4.79 Å². The fraction of sp³-hybridized carbons (Fsp3) is 0.125. The molecular formula is C16H13BrN2OS2. The molecule has 0 fully saturated rings. The summed E-state index contributed by atoms with van der Waals surface area (Å²) in [6, 6.07) is 7.81. The highest BCUT2D eigenvalue weighted by molar-refractivity contribution is 9.10. The molecule has 3 nitrogen and oxygen atoms in total. The van der Waals surface area contributed by atoms with Gasteiger partial charge < -0.3 is 5.32 Å². The first-order valence-corrected chi connectivity index (χ1v) is 9.17. The number of thiophene rings is 1. The smallest absolute Gasteiger partial charge is 0.267 e. The average molecular weight is 393 g/mol. The van der Waals surface area contributed by atoms with Crippen LogP contribution < -0.4 is 5.32 Å². The predicted octanol–water partition coefficient (Wildman–Crippen LogP) is 5.50. The molecule has 1 amide bonds. The first-order valence-electron chi connectivity index (χ1n) is 6.62. The molecule has 3 aromatic rings. The zero-order valence-corrected chi connectivity index (χ0v) is 15.2. The summed E-state index contributed by atoms with van der Waals surface area (Å²) in [5.41, 5.74) is 3.66. The van der Waals surface area contributed by atoms with E-state index in [1.54, 1.807) is 11.3 Å². The van der Waals surface area contributed by atoms with Crippen LogP contribution in [0.1, 0.15) is 20.9 Å². The molecule has 0 aliphatic rings. The molecule has 0 aliphatic carbocycles. The number of nitrogens with one attached hydrogen (secondary N) is 1. The molecule has 2 heterocycles. The van der Waals surface area contributed by atoms with Gasteiger partial charge >= 0.3 is 0 Å². The molecule has 0 aliphatic heterocycles. The second-order valence-corrected chi connectivity index (χ2v) is 7.55. The van der Waals surface area contributed by atoms with Crippen molar-refractivity contribution >= 4 is 50.2 Å². The number of halogens is 1. The summed E-state index contributed by atoms with van der Waals surface area (Å²) in [6.45, 7) is 3.84. The van der Waals surface area contributed by atoms with Gasteiger partial charge in [-0.3, -0.25) is 4.79 Å². The van der Waals surface area contributed by atoms with Crippen LogP contribution in [0.15, 0.2) is 39.5 Å². The molecule has 0 unspecified atom stereocenters. The van der Waals surface area contributed by atoms with E-state index >= 15 is 0 Å². The highest BCUT2D eigenvalue weighted by Crippen LogP contribution is 2.30. The molecule has 6 heteroatoms. The molecule has 1 aromatic carbocycles. The predicted molar refractivity (Wildman–Crippen MR) is 97.0 cm³/mol. The lowest BCUT2D eigenvalue weighted by Crippen LogP contribution is -2.12. The Hall–Kier alpha value is -1.50. The zero-order chi connectivity index (χ0) is 15.7. The lowest BCUT2D eigenvalue weighted by molar-refractivity contribution is 0.102. The molecule has 0 saturated carbocycles. The third kappa shape index (κ3) is 3.14. The molecule has 22 heavy (non-hydrogen) atoms. The quantitative estimate of drug-likeness (QED) is 0.638. The van der Waals surface area contributed by atoms with Gasteiger partial charge in [-0.05, 0) is 49.1 Å². The van der Waals surface area contributed by atoms with E-state index in [9.17, 15) is 4.79 Å². The maximum absolute atomic E-state index is 12.5. The fourth-order valence-electron chi connectivity index (χ4n) is 2.06. The number of aryl methyl sites for hydroxylation is 2. The van der Waals surface area contributed by atoms with Crippen molar-refractivity contribution in [3.05, 3.63) is 55.6 Å². The minimum atomic E-state index is -0.109. The van der Waals surface area contributed by atoms with Crippen LogP contribution in [0.25, 0.3) is 10.6 Å². The number of carbonyl (C=O) groups is 1. The monoisotopic (exact) mass is 392 g/mol. The highest BCUT2D eigenvalue weighted by Gasteiger charge is 2.17. The minimum Gasteiger partial charge on any atom is -0.321 e. The zero-order valence-electron chi connectivity index (χ0n) is 12.0. The van der Waals surface area contributed by atoms with Crippen molar-refractivity contribution in [2.75, 3.05) is 5.32 Å². The molecule has 0 atom stereocenters. The number of carbonyl (C=O) groups excluding carboxylic acids is 1. The van der Waals surface area contributed by atoms with Crippen LogP contribution in [0.5, 0.6) is 0 Å². The van der Waals surface area contributed by atoms with Gasteiger partial charge in [0, 0.05) is 21.1 Å². The summed E-state index contributed by atoms with van der Waals surface area (Å²) in [5, 5.41) is 7.90. The van der Waals surface area contributed by atoms with E-state index in [2.05, 4.69) is 26.2 Å². The van der Waals surface area contributed by atoms with Gasteiger partial charge in [-0.25, -0.2) is 4.98 Å². The molecular weight excluding hydrogens is 380 g/mol. The van der Waals surface area contributed by atoms with Gasteiger partial charge in [0.15, 0.2) is 0 Å². The van der Waals surface area contributed by atoms with E-state index < -0.39 is 0 Å². The van der Waals surface area contributed by atoms with Crippen molar-refractivity contribution in [2.24, 2.45) is 0 Å². The summed E-state index contributed by atoms with van der Waals surface area (Å²) >= 11 is 6.48. The lowest BCUT2D eigenvalue weighted by Gasteiger charge is -2.07. The third-order valence-electron chi connectivity index (χ3n) is 3.21. The number of aromatic nitrogens is 1. The van der Waals surface area contributed by atoms with Gasteiger partial charge in [0.1, 0.15) is 9.88 Å². The van der Waals surface area contributed by atoms with Crippen LogP contribution in [0.4, 0.5) is 5.69 Å². The van der Waals surface area contributed by atoms with Crippen LogP contribution >= 0.6 is 38.6 Å². The van der Waals surface area contributed by atoms with Crippen LogP contribution in [0.3, 0.4) is 0 Å². The van der Waals surface area contributed by atoms with Gasteiger partial charge in [0.2, 0.25) is 0 Å². The standard InChI is InChI=1S/C16H13BrN2OS2/c1-9-7-12(17)3-4-13(9)19-15(20)14-10(2)18-16(22-14)11-5-6-21-8-11/h3-8H,1-2H3,(H,19,20). The normalized spacial score (nSPS) is 10.7. The number of anilines is 1. The summed E-state index contributed by atoms with van der Waals surface area (Å²) in [5.74, 6) is -0.109. The SMILES string of the molecule is Cc1cc(Br)ccc1NC(=O)c1sc(-c2ccsc2)nc1C. The molecule has 0 bridgehead atoms. The van der Waals surface area contributed by atoms with Gasteiger partial charge in [0.25, 0.3) is 5.91 Å². The summed E-state index contributed by atoms with van der Waals surface area (Å²) in [7, 11) is 0. The Morgan fingerprint density at radius 3 is 2.77 bits per heavy atom. The van der Waals surface area contributed by atoms with Gasteiger partial charge in [-0.15, -0.1) is 11.3 Å². The summed E-state index contributed by atoms with van der Waals surface area (Å²) < 4.78 is 0.997. The molecule has 2 aromatic heterocycles. The third-order valence-corrected chi connectivity index (χ3v) is 5.59. The Balaban J connectivity index is 1.86. The average Bonchev–Trinajstić information content (AvgIpc) is 3.10. The van der Waals surface area contributed by atoms with Gasteiger partial charge in [0.05, 0.1) is 5.69 Å². The largest absolute Gasteiger partial charge is 0.321 e. The minimum absolute atomic E-state index is 0.109. The fourth-order valence-corrected chi connectivity index (χ4v) is 4.21. The Kier molecular flexibility index (Phi) is 4.42. The summed E-state index contributed by atoms with van der Waals surface area (Å²) in [6.07, 6.45) is 0. The summed E-state index contributed by atoms with van der Waals surface area (Å²) in [4.78, 5) is 17.7. The van der Waals surface area contributed by atoms with Crippen LogP contribution in [-0.2, 0) is 0 Å². The number of rotatable bonds is 3. The number of hydrogen-bond donors (Lipinski definition) is 1. The lowest BCUT2D eigenvalue weighted by atomic mass is 10.2. The van der Waals surface area contributed by atoms with E-state index in [1.165, 1.54) is 11.3 Å². The number of amides is 1. The van der Waals surface area contributed by atoms with Crippen molar-refractivity contribution in [3.63, 3.8) is 0 Å². The van der Waals surface area contributed by atoms with Crippen molar-refractivity contribution in [1.29, 1.82) is 0 Å². The molecule has 0 spiro atoms. The molecule has 0 saturated heterocycles. The Labute approximate surface area is 145 Å².